The number of aryl methyl sites for hydroxylation is 1. The lowest BCUT2D eigenvalue weighted by Gasteiger charge is -2.35. The zero-order chi connectivity index (χ0) is 18.0. The number of hydrogen-bond acceptors (Lipinski definition) is 8. The first-order valence-corrected chi connectivity index (χ1v) is 8.55. The molecule has 0 bridgehead atoms. The SMILES string of the molecule is Cc1cc(C[C@@]2(O)[C@@H]([C@H]3COC(C)(C)O3)O[C@@H]3OC(C)(C)O[C@@H]32)on1. The van der Waals surface area contributed by atoms with Gasteiger partial charge in [0, 0.05) is 12.5 Å². The van der Waals surface area contributed by atoms with Crippen LogP contribution in [0.2, 0.25) is 0 Å². The Morgan fingerprint density at radius 1 is 1.12 bits per heavy atom. The highest BCUT2D eigenvalue weighted by Crippen LogP contribution is 2.47. The second-order valence-electron chi connectivity index (χ2n) is 7.95. The summed E-state index contributed by atoms with van der Waals surface area (Å²) in [6, 6.07) is 1.79. The van der Waals surface area contributed by atoms with Gasteiger partial charge in [-0.05, 0) is 34.6 Å². The van der Waals surface area contributed by atoms with Gasteiger partial charge in [0.1, 0.15) is 29.7 Å². The van der Waals surface area contributed by atoms with Gasteiger partial charge in [0.2, 0.25) is 0 Å². The van der Waals surface area contributed by atoms with Crippen LogP contribution in [0.1, 0.15) is 39.1 Å². The zero-order valence-electron chi connectivity index (χ0n) is 15.1. The van der Waals surface area contributed by atoms with Crippen molar-refractivity contribution >= 4 is 0 Å². The van der Waals surface area contributed by atoms with Gasteiger partial charge in [0.15, 0.2) is 17.9 Å². The van der Waals surface area contributed by atoms with Crippen LogP contribution < -0.4 is 0 Å². The molecule has 0 radical (unpaired) electrons. The molecule has 1 aromatic rings. The van der Waals surface area contributed by atoms with Gasteiger partial charge >= 0.3 is 0 Å². The first kappa shape index (κ1) is 17.4. The van der Waals surface area contributed by atoms with Crippen molar-refractivity contribution in [3.63, 3.8) is 0 Å². The molecule has 3 aliphatic rings. The highest BCUT2D eigenvalue weighted by atomic mass is 16.8. The molecule has 8 heteroatoms. The van der Waals surface area contributed by atoms with Crippen LogP contribution in [-0.2, 0) is 30.1 Å². The number of hydrogen-bond donors (Lipinski definition) is 1. The van der Waals surface area contributed by atoms with E-state index in [-0.39, 0.29) is 6.42 Å². The van der Waals surface area contributed by atoms with Crippen molar-refractivity contribution in [2.75, 3.05) is 6.61 Å². The minimum atomic E-state index is -1.39. The summed E-state index contributed by atoms with van der Waals surface area (Å²) in [6.07, 6.45) is -2.28. The summed E-state index contributed by atoms with van der Waals surface area (Å²) in [7, 11) is 0. The lowest BCUT2D eigenvalue weighted by Crippen LogP contribution is -2.55. The van der Waals surface area contributed by atoms with E-state index in [0.29, 0.717) is 12.4 Å². The van der Waals surface area contributed by atoms with Crippen LogP contribution in [0.25, 0.3) is 0 Å². The molecule has 25 heavy (non-hydrogen) atoms. The number of fused-ring (bicyclic) bond motifs is 1. The summed E-state index contributed by atoms with van der Waals surface area (Å²) in [4.78, 5) is 0. The fourth-order valence-corrected chi connectivity index (χ4v) is 3.85. The van der Waals surface area contributed by atoms with E-state index in [2.05, 4.69) is 5.16 Å². The molecule has 3 fully saturated rings. The summed E-state index contributed by atoms with van der Waals surface area (Å²) < 4.78 is 34.7. The highest BCUT2D eigenvalue weighted by Gasteiger charge is 2.66. The second-order valence-corrected chi connectivity index (χ2v) is 7.95. The number of aliphatic hydroxyl groups is 1. The topological polar surface area (TPSA) is 92.4 Å². The third-order valence-corrected chi connectivity index (χ3v) is 4.83. The molecule has 0 aliphatic carbocycles. The van der Waals surface area contributed by atoms with E-state index in [1.54, 1.807) is 19.9 Å². The molecule has 0 spiro atoms. The third kappa shape index (κ3) is 3.01. The Labute approximate surface area is 146 Å². The molecular formula is C17H25NO7. The molecule has 4 rings (SSSR count). The van der Waals surface area contributed by atoms with Crippen molar-refractivity contribution < 1.29 is 33.3 Å². The molecule has 5 atom stereocenters. The monoisotopic (exact) mass is 355 g/mol. The van der Waals surface area contributed by atoms with E-state index in [0.717, 1.165) is 5.69 Å². The highest BCUT2D eigenvalue weighted by molar-refractivity contribution is 5.15. The minimum Gasteiger partial charge on any atom is -0.384 e. The number of aromatic nitrogens is 1. The van der Waals surface area contributed by atoms with Gasteiger partial charge in [0.25, 0.3) is 0 Å². The maximum absolute atomic E-state index is 11.6. The van der Waals surface area contributed by atoms with Crippen LogP contribution in [0.4, 0.5) is 0 Å². The Morgan fingerprint density at radius 2 is 1.88 bits per heavy atom. The Balaban J connectivity index is 1.64. The Bertz CT molecular complexity index is 657. The van der Waals surface area contributed by atoms with Gasteiger partial charge in [-0.1, -0.05) is 5.16 Å². The van der Waals surface area contributed by atoms with E-state index in [4.69, 9.17) is 28.2 Å². The smallest absolute Gasteiger partial charge is 0.190 e. The van der Waals surface area contributed by atoms with Gasteiger partial charge in [0.05, 0.1) is 12.3 Å². The first-order valence-electron chi connectivity index (χ1n) is 8.55. The van der Waals surface area contributed by atoms with Gasteiger partial charge in [-0.2, -0.15) is 0 Å². The standard InChI is InChI=1S/C17H25NO7/c1-9-6-10(25-18-9)7-17(19)12(11-8-20-15(2,3)22-11)21-14-13(17)23-16(4,5)24-14/h6,11-14,19H,7-8H2,1-5H3/t11-,12-,13+,14-,17-/m1/s1. The molecule has 0 saturated carbocycles. The average molecular weight is 355 g/mol. The summed E-state index contributed by atoms with van der Waals surface area (Å²) in [5, 5.41) is 15.5. The normalized spacial score (nSPS) is 42.0. The number of ether oxygens (including phenoxy) is 5. The lowest BCUT2D eigenvalue weighted by molar-refractivity contribution is -0.248. The minimum absolute atomic E-state index is 0.180. The second kappa shape index (κ2) is 5.48. The van der Waals surface area contributed by atoms with E-state index in [1.165, 1.54) is 0 Å². The maximum atomic E-state index is 11.6. The molecule has 0 amide bonds. The first-order chi connectivity index (χ1) is 11.6. The Kier molecular flexibility index (Phi) is 3.81. The molecule has 8 nitrogen and oxygen atoms in total. The molecule has 3 aliphatic heterocycles. The lowest BCUT2D eigenvalue weighted by atomic mass is 9.85. The van der Waals surface area contributed by atoms with Crippen LogP contribution in [0.5, 0.6) is 0 Å². The van der Waals surface area contributed by atoms with E-state index >= 15 is 0 Å². The van der Waals surface area contributed by atoms with Gasteiger partial charge < -0.3 is 33.3 Å². The molecule has 3 saturated heterocycles. The van der Waals surface area contributed by atoms with Crippen LogP contribution in [0, 0.1) is 6.92 Å². The predicted octanol–water partition coefficient (Wildman–Crippen LogP) is 1.28. The van der Waals surface area contributed by atoms with E-state index in [9.17, 15) is 5.11 Å². The van der Waals surface area contributed by atoms with Gasteiger partial charge in [-0.3, -0.25) is 0 Å². The molecule has 4 heterocycles. The van der Waals surface area contributed by atoms with Crippen LogP contribution in [0.3, 0.4) is 0 Å². The largest absolute Gasteiger partial charge is 0.384 e. The van der Waals surface area contributed by atoms with Gasteiger partial charge in [-0.25, -0.2) is 0 Å². The van der Waals surface area contributed by atoms with Crippen molar-refractivity contribution in [3.05, 3.63) is 17.5 Å². The number of nitrogens with zero attached hydrogens (tertiary/aromatic N) is 1. The molecule has 1 aromatic heterocycles. The van der Waals surface area contributed by atoms with Crippen molar-refractivity contribution in [1.29, 1.82) is 0 Å². The van der Waals surface area contributed by atoms with Gasteiger partial charge in [-0.15, -0.1) is 0 Å². The van der Waals surface area contributed by atoms with Crippen LogP contribution in [-0.4, -0.2) is 58.6 Å². The Hall–Kier alpha value is -1.03. The fraction of sp³-hybridized carbons (Fsp3) is 0.824. The fourth-order valence-electron chi connectivity index (χ4n) is 3.85. The molecule has 0 aromatic carbocycles. The summed E-state index contributed by atoms with van der Waals surface area (Å²) >= 11 is 0. The van der Waals surface area contributed by atoms with Crippen molar-refractivity contribution in [2.45, 2.75) is 82.8 Å². The predicted molar refractivity (Wildman–Crippen MR) is 83.5 cm³/mol. The summed E-state index contributed by atoms with van der Waals surface area (Å²) in [5.41, 5.74) is -0.644. The average Bonchev–Trinajstić information content (AvgIpc) is 3.17. The maximum Gasteiger partial charge on any atom is 0.190 e. The van der Waals surface area contributed by atoms with Crippen molar-refractivity contribution in [1.82, 2.24) is 5.16 Å². The Morgan fingerprint density at radius 3 is 2.48 bits per heavy atom. The van der Waals surface area contributed by atoms with E-state index in [1.807, 2.05) is 20.8 Å². The number of rotatable bonds is 3. The van der Waals surface area contributed by atoms with Crippen molar-refractivity contribution in [2.24, 2.45) is 0 Å². The van der Waals surface area contributed by atoms with Crippen LogP contribution >= 0.6 is 0 Å². The quantitative estimate of drug-likeness (QED) is 0.867. The molecule has 0 unspecified atom stereocenters. The third-order valence-electron chi connectivity index (χ3n) is 4.83. The summed E-state index contributed by atoms with van der Waals surface area (Å²) in [6.45, 7) is 9.40. The van der Waals surface area contributed by atoms with E-state index < -0.39 is 41.8 Å². The zero-order valence-corrected chi connectivity index (χ0v) is 15.1. The van der Waals surface area contributed by atoms with Crippen molar-refractivity contribution in [3.8, 4) is 0 Å². The molecular weight excluding hydrogens is 330 g/mol. The summed E-state index contributed by atoms with van der Waals surface area (Å²) in [5.74, 6) is -1.00. The molecule has 140 valence electrons. The molecule has 1 N–H and O–H groups in total. The van der Waals surface area contributed by atoms with Crippen LogP contribution in [0.15, 0.2) is 10.6 Å².